The lowest BCUT2D eigenvalue weighted by molar-refractivity contribution is -0.134. The van der Waals surface area contributed by atoms with Crippen molar-refractivity contribution in [2.45, 2.75) is 32.9 Å². The van der Waals surface area contributed by atoms with E-state index in [-0.39, 0.29) is 24.4 Å². The molecule has 0 atom stereocenters. The van der Waals surface area contributed by atoms with Gasteiger partial charge in [0.15, 0.2) is 0 Å². The van der Waals surface area contributed by atoms with Gasteiger partial charge in [-0.15, -0.1) is 12.4 Å². The van der Waals surface area contributed by atoms with Crippen molar-refractivity contribution in [3.63, 3.8) is 0 Å². The molecular weight excluding hydrogens is 298 g/mol. The number of benzene rings is 1. The Morgan fingerprint density at radius 1 is 1.23 bits per heavy atom. The van der Waals surface area contributed by atoms with Gasteiger partial charge in [-0.3, -0.25) is 9.69 Å². The zero-order chi connectivity index (χ0) is 15.1. The van der Waals surface area contributed by atoms with E-state index in [1.165, 1.54) is 5.56 Å². The summed E-state index contributed by atoms with van der Waals surface area (Å²) in [5.41, 5.74) is 1.19. The molecule has 1 saturated heterocycles. The summed E-state index contributed by atoms with van der Waals surface area (Å²) in [5.74, 6) is 0.232. The summed E-state index contributed by atoms with van der Waals surface area (Å²) in [6.07, 6.45) is 1.12. The zero-order valence-corrected chi connectivity index (χ0v) is 14.4. The highest BCUT2D eigenvalue weighted by Gasteiger charge is 2.20. The maximum Gasteiger partial charge on any atom is 0.237 e. The number of nitrogens with one attached hydrogen (secondary N) is 1. The van der Waals surface area contributed by atoms with Crippen LogP contribution in [-0.4, -0.2) is 54.5 Å². The molecule has 1 amide bonds. The van der Waals surface area contributed by atoms with Crippen LogP contribution in [-0.2, 0) is 11.3 Å². The molecule has 5 heteroatoms. The number of halogens is 1. The summed E-state index contributed by atoms with van der Waals surface area (Å²) in [5, 5.41) is 3.38. The molecule has 22 heavy (non-hydrogen) atoms. The molecule has 0 unspecified atom stereocenters. The van der Waals surface area contributed by atoms with Crippen molar-refractivity contribution in [1.82, 2.24) is 15.1 Å². The van der Waals surface area contributed by atoms with Gasteiger partial charge in [-0.2, -0.15) is 0 Å². The molecular formula is C17H28ClN3O. The highest BCUT2D eigenvalue weighted by molar-refractivity contribution is 5.85. The monoisotopic (exact) mass is 325 g/mol. The molecule has 0 spiro atoms. The summed E-state index contributed by atoms with van der Waals surface area (Å²) < 4.78 is 0. The van der Waals surface area contributed by atoms with E-state index < -0.39 is 0 Å². The van der Waals surface area contributed by atoms with Crippen molar-refractivity contribution in [2.75, 3.05) is 32.7 Å². The van der Waals surface area contributed by atoms with Crippen molar-refractivity contribution in [2.24, 2.45) is 0 Å². The molecule has 0 aromatic heterocycles. The standard InChI is InChI=1S/C17H27N3O.ClH/c1-15(2)20(13-16-7-4-3-5-8-16)17(21)14-19-11-6-9-18-10-12-19;/h3-5,7-8,15,18H,6,9-14H2,1-2H3;1H. The molecule has 124 valence electrons. The van der Waals surface area contributed by atoms with Crippen molar-refractivity contribution in [1.29, 1.82) is 0 Å². The molecule has 1 aliphatic heterocycles. The Labute approximate surface area is 140 Å². The lowest BCUT2D eigenvalue weighted by Gasteiger charge is -2.30. The van der Waals surface area contributed by atoms with Crippen LogP contribution in [0.3, 0.4) is 0 Å². The minimum Gasteiger partial charge on any atom is -0.335 e. The number of amides is 1. The third-order valence-electron chi connectivity index (χ3n) is 3.93. The van der Waals surface area contributed by atoms with Crippen LogP contribution in [0, 0.1) is 0 Å². The van der Waals surface area contributed by atoms with E-state index in [9.17, 15) is 4.79 Å². The summed E-state index contributed by atoms with van der Waals surface area (Å²) in [6.45, 7) is 9.42. The van der Waals surface area contributed by atoms with E-state index in [1.54, 1.807) is 0 Å². The SMILES string of the molecule is CC(C)N(Cc1ccccc1)C(=O)CN1CCCNCC1.Cl. The average molecular weight is 326 g/mol. The molecule has 1 aliphatic rings. The topological polar surface area (TPSA) is 35.6 Å². The Kier molecular flexibility index (Phi) is 8.46. The van der Waals surface area contributed by atoms with Gasteiger partial charge < -0.3 is 10.2 Å². The molecule has 1 aromatic carbocycles. The maximum atomic E-state index is 12.6. The van der Waals surface area contributed by atoms with Gasteiger partial charge in [0.25, 0.3) is 0 Å². The van der Waals surface area contributed by atoms with Crippen LogP contribution >= 0.6 is 12.4 Å². The number of hydrogen-bond acceptors (Lipinski definition) is 3. The quantitative estimate of drug-likeness (QED) is 0.901. The summed E-state index contributed by atoms with van der Waals surface area (Å²) >= 11 is 0. The normalized spacial score (nSPS) is 16.0. The molecule has 2 rings (SSSR count). The third-order valence-corrected chi connectivity index (χ3v) is 3.93. The molecule has 0 aliphatic carbocycles. The first kappa shape index (κ1) is 18.9. The molecule has 0 bridgehead atoms. The first-order valence-electron chi connectivity index (χ1n) is 7.93. The first-order chi connectivity index (χ1) is 10.2. The minimum absolute atomic E-state index is 0. The van der Waals surface area contributed by atoms with Gasteiger partial charge in [0.05, 0.1) is 6.54 Å². The van der Waals surface area contributed by atoms with Gasteiger partial charge in [0.1, 0.15) is 0 Å². The largest absolute Gasteiger partial charge is 0.335 e. The van der Waals surface area contributed by atoms with E-state index in [0.29, 0.717) is 13.1 Å². The van der Waals surface area contributed by atoms with Crippen molar-refractivity contribution >= 4 is 18.3 Å². The van der Waals surface area contributed by atoms with Crippen LogP contribution in [0.5, 0.6) is 0 Å². The second kappa shape index (κ2) is 9.82. The number of hydrogen-bond donors (Lipinski definition) is 1. The molecule has 1 N–H and O–H groups in total. The van der Waals surface area contributed by atoms with Crippen LogP contribution in [0.4, 0.5) is 0 Å². The van der Waals surface area contributed by atoms with Gasteiger partial charge in [-0.1, -0.05) is 30.3 Å². The highest BCUT2D eigenvalue weighted by atomic mass is 35.5. The van der Waals surface area contributed by atoms with Crippen molar-refractivity contribution in [3.05, 3.63) is 35.9 Å². The van der Waals surface area contributed by atoms with Crippen molar-refractivity contribution < 1.29 is 4.79 Å². The predicted molar refractivity (Wildman–Crippen MR) is 93.3 cm³/mol. The fourth-order valence-electron chi connectivity index (χ4n) is 2.68. The fraction of sp³-hybridized carbons (Fsp3) is 0.588. The smallest absolute Gasteiger partial charge is 0.237 e. The number of nitrogens with zero attached hydrogens (tertiary/aromatic N) is 2. The molecule has 1 heterocycles. The Balaban J connectivity index is 0.00000242. The van der Waals surface area contributed by atoms with Crippen LogP contribution in [0.1, 0.15) is 25.8 Å². The van der Waals surface area contributed by atoms with E-state index in [4.69, 9.17) is 0 Å². The molecule has 0 saturated carbocycles. The van der Waals surface area contributed by atoms with Crippen LogP contribution in [0.15, 0.2) is 30.3 Å². The highest BCUT2D eigenvalue weighted by Crippen LogP contribution is 2.09. The predicted octanol–water partition coefficient (Wildman–Crippen LogP) is 2.14. The second-order valence-electron chi connectivity index (χ2n) is 5.98. The Morgan fingerprint density at radius 2 is 1.95 bits per heavy atom. The molecule has 0 radical (unpaired) electrons. The Hall–Kier alpha value is -1.10. The Morgan fingerprint density at radius 3 is 2.64 bits per heavy atom. The van der Waals surface area contributed by atoms with Gasteiger partial charge in [0.2, 0.25) is 5.91 Å². The molecule has 1 aromatic rings. The number of rotatable bonds is 5. The summed E-state index contributed by atoms with van der Waals surface area (Å²) in [6, 6.07) is 10.5. The van der Waals surface area contributed by atoms with Crippen LogP contribution < -0.4 is 5.32 Å². The van der Waals surface area contributed by atoms with Gasteiger partial charge >= 0.3 is 0 Å². The molecule has 1 fully saturated rings. The van der Waals surface area contributed by atoms with E-state index in [0.717, 1.165) is 32.6 Å². The zero-order valence-electron chi connectivity index (χ0n) is 13.6. The van der Waals surface area contributed by atoms with Crippen LogP contribution in [0.2, 0.25) is 0 Å². The number of carbonyl (C=O) groups excluding carboxylic acids is 1. The fourth-order valence-corrected chi connectivity index (χ4v) is 2.68. The van der Waals surface area contributed by atoms with E-state index in [2.05, 4.69) is 36.2 Å². The van der Waals surface area contributed by atoms with Gasteiger partial charge in [-0.25, -0.2) is 0 Å². The van der Waals surface area contributed by atoms with Crippen LogP contribution in [0.25, 0.3) is 0 Å². The van der Waals surface area contributed by atoms with Gasteiger partial charge in [-0.05, 0) is 38.9 Å². The van der Waals surface area contributed by atoms with Gasteiger partial charge in [0, 0.05) is 25.7 Å². The van der Waals surface area contributed by atoms with Crippen molar-refractivity contribution in [3.8, 4) is 0 Å². The van der Waals surface area contributed by atoms with E-state index in [1.807, 2.05) is 23.1 Å². The average Bonchev–Trinajstić information content (AvgIpc) is 2.74. The lowest BCUT2D eigenvalue weighted by atomic mass is 10.2. The third kappa shape index (κ3) is 5.95. The number of carbonyl (C=O) groups is 1. The van der Waals surface area contributed by atoms with E-state index >= 15 is 0 Å². The summed E-state index contributed by atoms with van der Waals surface area (Å²) in [7, 11) is 0. The summed E-state index contributed by atoms with van der Waals surface area (Å²) in [4.78, 5) is 16.9. The maximum absolute atomic E-state index is 12.6. The Bertz CT molecular complexity index is 431. The minimum atomic E-state index is 0. The molecule has 4 nitrogen and oxygen atoms in total. The lowest BCUT2D eigenvalue weighted by Crippen LogP contribution is -2.44. The first-order valence-corrected chi connectivity index (χ1v) is 7.93. The second-order valence-corrected chi connectivity index (χ2v) is 5.98.